The van der Waals surface area contributed by atoms with E-state index in [0.717, 1.165) is 11.1 Å². The van der Waals surface area contributed by atoms with Crippen molar-refractivity contribution in [3.63, 3.8) is 0 Å². The summed E-state index contributed by atoms with van der Waals surface area (Å²) in [6.45, 7) is 7.28. The molecule has 0 aliphatic heterocycles. The van der Waals surface area contributed by atoms with Gasteiger partial charge in [0.2, 0.25) is 0 Å². The highest BCUT2D eigenvalue weighted by atomic mass is 79.9. The van der Waals surface area contributed by atoms with E-state index in [1.165, 1.54) is 11.1 Å². The van der Waals surface area contributed by atoms with E-state index in [9.17, 15) is 0 Å². The van der Waals surface area contributed by atoms with E-state index < -0.39 is 0 Å². The van der Waals surface area contributed by atoms with Crippen LogP contribution in [0.2, 0.25) is 0 Å². The van der Waals surface area contributed by atoms with Crippen molar-refractivity contribution in [2.24, 2.45) is 0 Å². The molecule has 0 bridgehead atoms. The number of hydrogen-bond donors (Lipinski definition) is 0. The summed E-state index contributed by atoms with van der Waals surface area (Å²) in [4.78, 5) is 0. The van der Waals surface area contributed by atoms with Crippen LogP contribution in [0.4, 0.5) is 0 Å². The third kappa shape index (κ3) is 2.58. The largest absolute Gasteiger partial charge is 0.384 e. The number of methoxy groups -OCH3 is 1. The second kappa shape index (κ2) is 4.45. The van der Waals surface area contributed by atoms with Gasteiger partial charge in [0.15, 0.2) is 0 Å². The molecular formula is C12H17BrO. The molecule has 0 aromatic heterocycles. The molecule has 0 heterocycles. The Balaban J connectivity index is 3.10. The molecule has 1 aromatic rings. The number of aryl methyl sites for hydroxylation is 1. The average Bonchev–Trinajstić information content (AvgIpc) is 2.09. The van der Waals surface area contributed by atoms with E-state index in [1.807, 2.05) is 0 Å². The molecule has 2 heteroatoms. The van der Waals surface area contributed by atoms with Crippen LogP contribution in [0, 0.1) is 6.92 Å². The highest BCUT2D eigenvalue weighted by Crippen LogP contribution is 2.28. The summed E-state index contributed by atoms with van der Waals surface area (Å²) in [5.41, 5.74) is 2.73. The van der Waals surface area contributed by atoms with Gasteiger partial charge < -0.3 is 4.74 Å². The molecule has 0 N–H and O–H groups in total. The lowest BCUT2D eigenvalue weighted by Crippen LogP contribution is -2.24. The van der Waals surface area contributed by atoms with Crippen molar-refractivity contribution in [3.8, 4) is 0 Å². The molecule has 1 rings (SSSR count). The zero-order chi connectivity index (χ0) is 10.8. The minimum absolute atomic E-state index is 0.0720. The lowest BCUT2D eigenvalue weighted by atomic mass is 9.83. The lowest BCUT2D eigenvalue weighted by molar-refractivity contribution is 0.146. The molecule has 0 amide bonds. The molecule has 0 fully saturated rings. The van der Waals surface area contributed by atoms with Gasteiger partial charge in [0.05, 0.1) is 6.61 Å². The third-order valence-electron chi connectivity index (χ3n) is 2.43. The molecule has 0 spiro atoms. The fraction of sp³-hybridized carbons (Fsp3) is 0.500. The number of hydrogen-bond acceptors (Lipinski definition) is 1. The molecule has 0 aliphatic rings. The highest BCUT2D eigenvalue weighted by molar-refractivity contribution is 9.10. The number of halogens is 1. The summed E-state index contributed by atoms with van der Waals surface area (Å²) in [6.07, 6.45) is 0. The summed E-state index contributed by atoms with van der Waals surface area (Å²) < 4.78 is 6.37. The molecule has 1 nitrogen and oxygen atoms in total. The van der Waals surface area contributed by atoms with Crippen LogP contribution in [0.1, 0.15) is 25.0 Å². The minimum atomic E-state index is 0.0720. The smallest absolute Gasteiger partial charge is 0.0553 e. The van der Waals surface area contributed by atoms with E-state index in [0.29, 0.717) is 0 Å². The van der Waals surface area contributed by atoms with Crippen molar-refractivity contribution in [2.75, 3.05) is 13.7 Å². The Bertz CT molecular complexity index is 318. The van der Waals surface area contributed by atoms with Crippen molar-refractivity contribution in [1.29, 1.82) is 0 Å². The molecule has 78 valence electrons. The number of ether oxygens (including phenoxy) is 1. The highest BCUT2D eigenvalue weighted by Gasteiger charge is 2.22. The first kappa shape index (κ1) is 11.7. The van der Waals surface area contributed by atoms with E-state index in [4.69, 9.17) is 4.74 Å². The Morgan fingerprint density at radius 3 is 2.57 bits per heavy atom. The quantitative estimate of drug-likeness (QED) is 0.802. The molecule has 0 unspecified atom stereocenters. The van der Waals surface area contributed by atoms with Crippen molar-refractivity contribution in [2.45, 2.75) is 26.2 Å². The normalized spacial score (nSPS) is 11.8. The second-order valence-electron chi connectivity index (χ2n) is 4.28. The van der Waals surface area contributed by atoms with Gasteiger partial charge in [-0.15, -0.1) is 0 Å². The Kier molecular flexibility index (Phi) is 3.73. The number of benzene rings is 1. The van der Waals surface area contributed by atoms with Gasteiger partial charge in [-0.05, 0) is 30.2 Å². The number of rotatable bonds is 3. The summed E-state index contributed by atoms with van der Waals surface area (Å²) in [7, 11) is 1.75. The first-order chi connectivity index (χ1) is 6.47. The Hall–Kier alpha value is -0.340. The predicted molar refractivity (Wildman–Crippen MR) is 63.8 cm³/mol. The van der Waals surface area contributed by atoms with E-state index in [2.05, 4.69) is 54.9 Å². The molecule has 0 radical (unpaired) electrons. The Morgan fingerprint density at radius 1 is 1.36 bits per heavy atom. The van der Waals surface area contributed by atoms with Gasteiger partial charge in [-0.1, -0.05) is 35.8 Å². The Morgan fingerprint density at radius 2 is 2.00 bits per heavy atom. The standard InChI is InChI=1S/C12H17BrO/c1-9-5-6-10(13)7-11(9)12(2,3)8-14-4/h5-7H,8H2,1-4H3. The van der Waals surface area contributed by atoms with Crippen LogP contribution in [0.15, 0.2) is 22.7 Å². The van der Waals surface area contributed by atoms with Crippen LogP contribution >= 0.6 is 15.9 Å². The fourth-order valence-corrected chi connectivity index (χ4v) is 2.12. The maximum Gasteiger partial charge on any atom is 0.0553 e. The average molecular weight is 257 g/mol. The first-order valence-corrected chi connectivity index (χ1v) is 5.52. The summed E-state index contributed by atoms with van der Waals surface area (Å²) in [5, 5.41) is 0. The van der Waals surface area contributed by atoms with Gasteiger partial charge in [0, 0.05) is 17.0 Å². The monoisotopic (exact) mass is 256 g/mol. The van der Waals surface area contributed by atoms with Crippen LogP contribution in [-0.4, -0.2) is 13.7 Å². The Labute approximate surface area is 94.6 Å². The van der Waals surface area contributed by atoms with Gasteiger partial charge in [0.1, 0.15) is 0 Å². The molecule has 0 aliphatic carbocycles. The molecule has 1 aromatic carbocycles. The maximum atomic E-state index is 5.24. The van der Waals surface area contributed by atoms with E-state index in [-0.39, 0.29) is 5.41 Å². The second-order valence-corrected chi connectivity index (χ2v) is 5.19. The first-order valence-electron chi connectivity index (χ1n) is 4.73. The van der Waals surface area contributed by atoms with E-state index in [1.54, 1.807) is 7.11 Å². The SMILES string of the molecule is COCC(C)(C)c1cc(Br)ccc1C. The topological polar surface area (TPSA) is 9.23 Å². The lowest BCUT2D eigenvalue weighted by Gasteiger charge is -2.26. The molecule has 0 saturated heterocycles. The summed E-state index contributed by atoms with van der Waals surface area (Å²) in [6, 6.07) is 6.38. The molecule has 0 saturated carbocycles. The predicted octanol–water partition coefficient (Wildman–Crippen LogP) is 3.68. The maximum absolute atomic E-state index is 5.24. The molecule has 0 atom stereocenters. The van der Waals surface area contributed by atoms with Gasteiger partial charge >= 0.3 is 0 Å². The molecular weight excluding hydrogens is 240 g/mol. The van der Waals surface area contributed by atoms with Crippen molar-refractivity contribution < 1.29 is 4.74 Å². The van der Waals surface area contributed by atoms with Crippen LogP contribution in [0.3, 0.4) is 0 Å². The van der Waals surface area contributed by atoms with Crippen molar-refractivity contribution in [3.05, 3.63) is 33.8 Å². The van der Waals surface area contributed by atoms with Crippen LogP contribution < -0.4 is 0 Å². The van der Waals surface area contributed by atoms with Gasteiger partial charge in [-0.2, -0.15) is 0 Å². The third-order valence-corrected chi connectivity index (χ3v) is 2.93. The van der Waals surface area contributed by atoms with Gasteiger partial charge in [-0.25, -0.2) is 0 Å². The summed E-state index contributed by atoms with van der Waals surface area (Å²) in [5.74, 6) is 0. The fourth-order valence-electron chi connectivity index (χ4n) is 1.76. The van der Waals surface area contributed by atoms with Crippen molar-refractivity contribution in [1.82, 2.24) is 0 Å². The van der Waals surface area contributed by atoms with Gasteiger partial charge in [-0.3, -0.25) is 0 Å². The van der Waals surface area contributed by atoms with Crippen LogP contribution in [-0.2, 0) is 10.2 Å². The minimum Gasteiger partial charge on any atom is -0.384 e. The van der Waals surface area contributed by atoms with Gasteiger partial charge in [0.25, 0.3) is 0 Å². The van der Waals surface area contributed by atoms with Crippen molar-refractivity contribution >= 4 is 15.9 Å². The zero-order valence-electron chi connectivity index (χ0n) is 9.23. The zero-order valence-corrected chi connectivity index (χ0v) is 10.8. The van der Waals surface area contributed by atoms with Crippen LogP contribution in [0.25, 0.3) is 0 Å². The van der Waals surface area contributed by atoms with Crippen LogP contribution in [0.5, 0.6) is 0 Å². The van der Waals surface area contributed by atoms with E-state index >= 15 is 0 Å². The summed E-state index contributed by atoms with van der Waals surface area (Å²) >= 11 is 3.50. The molecule has 14 heavy (non-hydrogen) atoms.